The van der Waals surface area contributed by atoms with E-state index < -0.39 is 0 Å². The van der Waals surface area contributed by atoms with Gasteiger partial charge >= 0.3 is 0 Å². The molecule has 5 nitrogen and oxygen atoms in total. The van der Waals surface area contributed by atoms with E-state index in [1.54, 1.807) is 0 Å². The van der Waals surface area contributed by atoms with Gasteiger partial charge < -0.3 is 16.8 Å². The first-order valence-electron chi connectivity index (χ1n) is 8.91. The normalized spacial score (nSPS) is 39.9. The third kappa shape index (κ3) is 4.00. The number of carbonyl (C=O) groups excluding carboxylic acids is 2. The number of fused-ring (bicyclic) bond motifs is 2. The number of carbonyl (C=O) groups is 2. The van der Waals surface area contributed by atoms with Crippen LogP contribution in [0.3, 0.4) is 0 Å². The fourth-order valence-electron chi connectivity index (χ4n) is 4.95. The van der Waals surface area contributed by atoms with Crippen molar-refractivity contribution < 1.29 is 9.59 Å². The third-order valence-corrected chi connectivity index (χ3v) is 6.24. The van der Waals surface area contributed by atoms with E-state index in [0.717, 1.165) is 51.4 Å². The van der Waals surface area contributed by atoms with Gasteiger partial charge in [0.25, 0.3) is 0 Å². The maximum absolute atomic E-state index is 12.7. The van der Waals surface area contributed by atoms with Crippen molar-refractivity contribution in [2.45, 2.75) is 69.9 Å². The molecule has 132 valence electrons. The van der Waals surface area contributed by atoms with Crippen LogP contribution in [-0.4, -0.2) is 23.9 Å². The predicted molar refractivity (Wildman–Crippen MR) is 91.9 cm³/mol. The van der Waals surface area contributed by atoms with E-state index in [2.05, 4.69) is 5.32 Å². The molecule has 3 aliphatic rings. The molecule has 0 aromatic carbocycles. The van der Waals surface area contributed by atoms with Crippen molar-refractivity contribution in [2.24, 2.45) is 35.1 Å². The van der Waals surface area contributed by atoms with Crippen LogP contribution >= 0.6 is 12.4 Å². The molecule has 0 aliphatic heterocycles. The average Bonchev–Trinajstić information content (AvgIpc) is 2.47. The second kappa shape index (κ2) is 7.84. The number of nitrogens with two attached hydrogens (primary N) is 2. The van der Waals surface area contributed by atoms with Crippen molar-refractivity contribution in [3.63, 3.8) is 0 Å². The molecule has 3 saturated carbocycles. The van der Waals surface area contributed by atoms with Gasteiger partial charge in [-0.2, -0.15) is 0 Å². The van der Waals surface area contributed by atoms with Crippen molar-refractivity contribution in [1.29, 1.82) is 0 Å². The second-order valence-corrected chi connectivity index (χ2v) is 7.61. The highest BCUT2D eigenvalue weighted by molar-refractivity contribution is 5.85. The highest BCUT2D eigenvalue weighted by Crippen LogP contribution is 2.42. The second-order valence-electron chi connectivity index (χ2n) is 7.61. The summed E-state index contributed by atoms with van der Waals surface area (Å²) in [6.07, 6.45) is 9.18. The van der Waals surface area contributed by atoms with E-state index in [-0.39, 0.29) is 48.1 Å². The minimum atomic E-state index is -0.271. The van der Waals surface area contributed by atoms with Crippen LogP contribution in [0, 0.1) is 23.7 Å². The molecular formula is C17H30ClN3O2. The van der Waals surface area contributed by atoms with Gasteiger partial charge in [0.15, 0.2) is 0 Å². The van der Waals surface area contributed by atoms with Crippen molar-refractivity contribution in [3.05, 3.63) is 0 Å². The van der Waals surface area contributed by atoms with Crippen LogP contribution in [0.15, 0.2) is 0 Å². The standard InChI is InChI=1S/C17H29N3O2.ClH/c18-15-10-4-3-5-11(15)9-12(8-10)17(22)20-14-7-2-1-6-13(14)16(19)21;/h10-15H,1-9,18H2,(H2,19,21)(H,20,22);1H. The molecule has 4 unspecified atom stereocenters. The van der Waals surface area contributed by atoms with Gasteiger partial charge in [-0.05, 0) is 50.4 Å². The SMILES string of the molecule is Cl.NC(=O)C1CCCCC1NC(=O)C1CC2CCCC(C1)C2N. The number of amides is 2. The summed E-state index contributed by atoms with van der Waals surface area (Å²) in [6.45, 7) is 0. The molecule has 3 aliphatic carbocycles. The summed E-state index contributed by atoms with van der Waals surface area (Å²) in [5, 5.41) is 3.14. The summed E-state index contributed by atoms with van der Waals surface area (Å²) < 4.78 is 0. The number of primary amides is 1. The molecule has 0 aromatic heterocycles. The zero-order valence-electron chi connectivity index (χ0n) is 13.7. The molecule has 0 saturated heterocycles. The Kier molecular flexibility index (Phi) is 6.32. The van der Waals surface area contributed by atoms with Crippen molar-refractivity contribution in [2.75, 3.05) is 0 Å². The first kappa shape index (κ1) is 18.5. The highest BCUT2D eigenvalue weighted by atomic mass is 35.5. The summed E-state index contributed by atoms with van der Waals surface area (Å²) in [7, 11) is 0. The lowest BCUT2D eigenvalue weighted by Gasteiger charge is -2.44. The van der Waals surface area contributed by atoms with Crippen LogP contribution in [0.5, 0.6) is 0 Å². The minimum absolute atomic E-state index is 0. The van der Waals surface area contributed by atoms with E-state index in [0.29, 0.717) is 11.8 Å². The summed E-state index contributed by atoms with van der Waals surface area (Å²) in [5.74, 6) is 0.742. The zero-order chi connectivity index (χ0) is 15.7. The molecular weight excluding hydrogens is 314 g/mol. The molecule has 0 spiro atoms. The maximum Gasteiger partial charge on any atom is 0.223 e. The number of hydrogen-bond donors (Lipinski definition) is 3. The van der Waals surface area contributed by atoms with Gasteiger partial charge in [0.1, 0.15) is 0 Å². The van der Waals surface area contributed by atoms with Crippen molar-refractivity contribution in [1.82, 2.24) is 5.32 Å². The van der Waals surface area contributed by atoms with Gasteiger partial charge in [0, 0.05) is 18.0 Å². The maximum atomic E-state index is 12.7. The molecule has 3 fully saturated rings. The zero-order valence-corrected chi connectivity index (χ0v) is 14.5. The number of rotatable bonds is 3. The summed E-state index contributed by atoms with van der Waals surface area (Å²) in [5.41, 5.74) is 11.8. The van der Waals surface area contributed by atoms with Crippen molar-refractivity contribution in [3.8, 4) is 0 Å². The Morgan fingerprint density at radius 3 is 2.13 bits per heavy atom. The molecule has 0 heterocycles. The van der Waals surface area contributed by atoms with Gasteiger partial charge in [-0.3, -0.25) is 9.59 Å². The Hall–Kier alpha value is -0.810. The van der Waals surface area contributed by atoms with Crippen LogP contribution in [0.4, 0.5) is 0 Å². The predicted octanol–water partition coefficient (Wildman–Crippen LogP) is 1.72. The Bertz CT molecular complexity index is 432. The smallest absolute Gasteiger partial charge is 0.223 e. The van der Waals surface area contributed by atoms with Crippen LogP contribution < -0.4 is 16.8 Å². The van der Waals surface area contributed by atoms with E-state index in [9.17, 15) is 9.59 Å². The van der Waals surface area contributed by atoms with Crippen LogP contribution in [-0.2, 0) is 9.59 Å². The lowest BCUT2D eigenvalue weighted by molar-refractivity contribution is -0.130. The van der Waals surface area contributed by atoms with Crippen LogP contribution in [0.2, 0.25) is 0 Å². The van der Waals surface area contributed by atoms with E-state index in [1.807, 2.05) is 0 Å². The third-order valence-electron chi connectivity index (χ3n) is 6.24. The molecule has 3 rings (SSSR count). The first-order valence-corrected chi connectivity index (χ1v) is 8.91. The lowest BCUT2D eigenvalue weighted by atomic mass is 9.65. The van der Waals surface area contributed by atoms with E-state index in [4.69, 9.17) is 11.5 Å². The summed E-state index contributed by atoms with van der Waals surface area (Å²) in [4.78, 5) is 24.2. The summed E-state index contributed by atoms with van der Waals surface area (Å²) >= 11 is 0. The van der Waals surface area contributed by atoms with Gasteiger partial charge in [0.05, 0.1) is 5.92 Å². The van der Waals surface area contributed by atoms with E-state index >= 15 is 0 Å². The lowest BCUT2D eigenvalue weighted by Crippen LogP contribution is -2.52. The highest BCUT2D eigenvalue weighted by Gasteiger charge is 2.41. The van der Waals surface area contributed by atoms with Gasteiger partial charge in [-0.25, -0.2) is 0 Å². The average molecular weight is 344 g/mol. The Balaban J connectivity index is 0.00000192. The van der Waals surface area contributed by atoms with Gasteiger partial charge in [0.2, 0.25) is 11.8 Å². The van der Waals surface area contributed by atoms with Crippen molar-refractivity contribution >= 4 is 24.2 Å². The van der Waals surface area contributed by atoms with Crippen LogP contribution in [0.25, 0.3) is 0 Å². The molecule has 5 N–H and O–H groups in total. The molecule has 0 radical (unpaired) electrons. The molecule has 4 atom stereocenters. The molecule has 23 heavy (non-hydrogen) atoms. The minimum Gasteiger partial charge on any atom is -0.369 e. The van der Waals surface area contributed by atoms with Crippen LogP contribution in [0.1, 0.15) is 57.8 Å². The fourth-order valence-corrected chi connectivity index (χ4v) is 4.95. The largest absolute Gasteiger partial charge is 0.369 e. The number of hydrogen-bond acceptors (Lipinski definition) is 3. The Morgan fingerprint density at radius 1 is 0.913 bits per heavy atom. The van der Waals surface area contributed by atoms with E-state index in [1.165, 1.54) is 6.42 Å². The quantitative estimate of drug-likeness (QED) is 0.727. The molecule has 2 amide bonds. The molecule has 6 heteroatoms. The topological polar surface area (TPSA) is 98.2 Å². The summed E-state index contributed by atoms with van der Waals surface area (Å²) in [6, 6.07) is 0.222. The monoisotopic (exact) mass is 343 g/mol. The molecule has 2 bridgehead atoms. The Labute approximate surface area is 144 Å². The Morgan fingerprint density at radius 2 is 1.52 bits per heavy atom. The fraction of sp³-hybridized carbons (Fsp3) is 0.882. The van der Waals surface area contributed by atoms with Gasteiger partial charge in [-0.15, -0.1) is 12.4 Å². The molecule has 0 aromatic rings. The first-order chi connectivity index (χ1) is 10.6. The number of halogens is 1. The van der Waals surface area contributed by atoms with Gasteiger partial charge in [-0.1, -0.05) is 19.3 Å². The number of nitrogens with one attached hydrogen (secondary N) is 1.